The van der Waals surface area contributed by atoms with Crippen LogP contribution in [0.3, 0.4) is 0 Å². The van der Waals surface area contributed by atoms with Crippen LogP contribution < -0.4 is 0 Å². The van der Waals surface area contributed by atoms with Gasteiger partial charge in [0.2, 0.25) is 0 Å². The predicted molar refractivity (Wildman–Crippen MR) is 69.0 cm³/mol. The van der Waals surface area contributed by atoms with Gasteiger partial charge in [-0.15, -0.1) is 0 Å². The molecule has 1 aliphatic carbocycles. The van der Waals surface area contributed by atoms with Crippen molar-refractivity contribution in [2.75, 3.05) is 0 Å². The van der Waals surface area contributed by atoms with Crippen LogP contribution in [0.1, 0.15) is 73.1 Å². The molecule has 0 aromatic carbocycles. The van der Waals surface area contributed by atoms with E-state index in [-0.39, 0.29) is 0 Å². The Labute approximate surface area is 96.8 Å². The zero-order chi connectivity index (χ0) is 11.5. The molecule has 1 aliphatic rings. The third-order valence-corrected chi connectivity index (χ3v) is 4.55. The first-order chi connectivity index (χ1) is 6.99. The molecule has 1 rings (SSSR count). The molecule has 0 saturated heterocycles. The highest BCUT2D eigenvalue weighted by atomic mass is 14.4. The van der Waals surface area contributed by atoms with Crippen molar-refractivity contribution in [3.05, 3.63) is 0 Å². The van der Waals surface area contributed by atoms with E-state index in [0.717, 1.165) is 17.8 Å². The quantitative estimate of drug-likeness (QED) is 0.579. The van der Waals surface area contributed by atoms with E-state index in [2.05, 4.69) is 34.6 Å². The Morgan fingerprint density at radius 1 is 1.27 bits per heavy atom. The van der Waals surface area contributed by atoms with Crippen molar-refractivity contribution in [2.24, 2.45) is 23.2 Å². The van der Waals surface area contributed by atoms with Gasteiger partial charge in [-0.05, 0) is 42.4 Å². The molecule has 3 atom stereocenters. The smallest absolute Gasteiger partial charge is 0.0323 e. The molecule has 90 valence electrons. The van der Waals surface area contributed by atoms with Gasteiger partial charge < -0.3 is 0 Å². The molecule has 0 heteroatoms. The summed E-state index contributed by atoms with van der Waals surface area (Å²) in [5.74, 6) is 2.95. The first kappa shape index (κ1) is 13.1. The molecule has 0 nitrogen and oxygen atoms in total. The van der Waals surface area contributed by atoms with Gasteiger partial charge in [-0.3, -0.25) is 0 Å². The fraction of sp³-hybridized carbons (Fsp3) is 1.00. The summed E-state index contributed by atoms with van der Waals surface area (Å²) in [6, 6.07) is 0. The van der Waals surface area contributed by atoms with E-state index < -0.39 is 0 Å². The van der Waals surface area contributed by atoms with E-state index in [4.69, 9.17) is 0 Å². The second-order valence-corrected chi connectivity index (χ2v) is 6.53. The molecular weight excluding hydrogens is 180 g/mol. The van der Waals surface area contributed by atoms with Crippen molar-refractivity contribution in [3.63, 3.8) is 0 Å². The summed E-state index contributed by atoms with van der Waals surface area (Å²) < 4.78 is 0. The van der Waals surface area contributed by atoms with E-state index in [1.54, 1.807) is 0 Å². The van der Waals surface area contributed by atoms with Crippen molar-refractivity contribution >= 4 is 0 Å². The van der Waals surface area contributed by atoms with Gasteiger partial charge in [0.15, 0.2) is 0 Å². The fourth-order valence-corrected chi connectivity index (χ4v) is 3.79. The van der Waals surface area contributed by atoms with Crippen LogP contribution in [0.25, 0.3) is 0 Å². The lowest BCUT2D eigenvalue weighted by molar-refractivity contribution is 0.250. The maximum absolute atomic E-state index is 2.48. The fourth-order valence-electron chi connectivity index (χ4n) is 3.79. The van der Waals surface area contributed by atoms with E-state index in [1.165, 1.54) is 38.5 Å². The second kappa shape index (κ2) is 5.37. The van der Waals surface area contributed by atoms with Crippen LogP contribution in [-0.2, 0) is 0 Å². The minimum absolute atomic E-state index is 0.616. The van der Waals surface area contributed by atoms with Gasteiger partial charge in [0, 0.05) is 0 Å². The molecule has 1 fully saturated rings. The van der Waals surface area contributed by atoms with Crippen LogP contribution in [-0.4, -0.2) is 0 Å². The minimum atomic E-state index is 0.616. The van der Waals surface area contributed by atoms with Gasteiger partial charge in [-0.25, -0.2) is 0 Å². The van der Waals surface area contributed by atoms with Crippen LogP contribution >= 0.6 is 0 Å². The van der Waals surface area contributed by atoms with Crippen LogP contribution in [0.5, 0.6) is 0 Å². The Morgan fingerprint density at radius 2 is 1.93 bits per heavy atom. The molecule has 0 N–H and O–H groups in total. The maximum atomic E-state index is 2.48. The van der Waals surface area contributed by atoms with E-state index >= 15 is 0 Å². The zero-order valence-corrected chi connectivity index (χ0v) is 11.5. The molecule has 0 radical (unpaired) electrons. The Hall–Kier alpha value is 0. The van der Waals surface area contributed by atoms with Gasteiger partial charge in [-0.1, -0.05) is 53.9 Å². The van der Waals surface area contributed by atoms with Crippen molar-refractivity contribution < 1.29 is 0 Å². The normalized spacial score (nSPS) is 31.8. The molecule has 3 unspecified atom stereocenters. The molecule has 1 saturated carbocycles. The van der Waals surface area contributed by atoms with Crippen molar-refractivity contribution in [1.82, 2.24) is 0 Å². The van der Waals surface area contributed by atoms with Crippen molar-refractivity contribution in [1.29, 1.82) is 0 Å². The SMILES string of the molecule is CCCC(C)CC1CC(CC)C(C)(C)C1. The third-order valence-electron chi connectivity index (χ3n) is 4.55. The van der Waals surface area contributed by atoms with Crippen LogP contribution in [0.15, 0.2) is 0 Å². The van der Waals surface area contributed by atoms with Gasteiger partial charge in [0.25, 0.3) is 0 Å². The van der Waals surface area contributed by atoms with Gasteiger partial charge in [-0.2, -0.15) is 0 Å². The lowest BCUT2D eigenvalue weighted by Gasteiger charge is -2.25. The molecule has 0 aromatic heterocycles. The largest absolute Gasteiger partial charge is 0.0654 e. The molecular formula is C15H30. The van der Waals surface area contributed by atoms with Gasteiger partial charge in [0.05, 0.1) is 0 Å². The monoisotopic (exact) mass is 210 g/mol. The first-order valence-electron chi connectivity index (χ1n) is 6.99. The number of hydrogen-bond donors (Lipinski definition) is 0. The Kier molecular flexibility index (Phi) is 4.67. The van der Waals surface area contributed by atoms with E-state index in [1.807, 2.05) is 0 Å². The average molecular weight is 210 g/mol. The Bertz CT molecular complexity index is 180. The summed E-state index contributed by atoms with van der Waals surface area (Å²) in [6.07, 6.45) is 8.61. The van der Waals surface area contributed by atoms with Crippen LogP contribution in [0.4, 0.5) is 0 Å². The van der Waals surface area contributed by atoms with Crippen LogP contribution in [0, 0.1) is 23.2 Å². The molecule has 0 aromatic rings. The van der Waals surface area contributed by atoms with Gasteiger partial charge >= 0.3 is 0 Å². The van der Waals surface area contributed by atoms with Crippen molar-refractivity contribution in [3.8, 4) is 0 Å². The minimum Gasteiger partial charge on any atom is -0.0654 e. The second-order valence-electron chi connectivity index (χ2n) is 6.53. The molecule has 0 aliphatic heterocycles. The highest BCUT2D eigenvalue weighted by Gasteiger charge is 2.39. The highest BCUT2D eigenvalue weighted by Crippen LogP contribution is 2.49. The van der Waals surface area contributed by atoms with Crippen LogP contribution in [0.2, 0.25) is 0 Å². The molecule has 15 heavy (non-hydrogen) atoms. The summed E-state index contributed by atoms with van der Waals surface area (Å²) in [5, 5.41) is 0. The van der Waals surface area contributed by atoms with E-state index in [9.17, 15) is 0 Å². The first-order valence-corrected chi connectivity index (χ1v) is 6.99. The number of rotatable bonds is 5. The summed E-state index contributed by atoms with van der Waals surface area (Å²) in [7, 11) is 0. The molecule has 0 heterocycles. The standard InChI is InChI=1S/C15H30/c1-6-8-12(3)9-13-10-14(7-2)15(4,5)11-13/h12-14H,6-11H2,1-5H3. The Balaban J connectivity index is 2.41. The predicted octanol–water partition coefficient (Wildman–Crippen LogP) is 5.28. The summed E-state index contributed by atoms with van der Waals surface area (Å²) >= 11 is 0. The van der Waals surface area contributed by atoms with Crippen molar-refractivity contribution in [2.45, 2.75) is 73.1 Å². The van der Waals surface area contributed by atoms with E-state index in [0.29, 0.717) is 5.41 Å². The summed E-state index contributed by atoms with van der Waals surface area (Å²) in [5.41, 5.74) is 0.616. The average Bonchev–Trinajstić information content (AvgIpc) is 2.40. The molecule has 0 bridgehead atoms. The lowest BCUT2D eigenvalue weighted by Crippen LogP contribution is -2.16. The van der Waals surface area contributed by atoms with Gasteiger partial charge in [0.1, 0.15) is 0 Å². The molecule has 0 amide bonds. The Morgan fingerprint density at radius 3 is 2.40 bits per heavy atom. The summed E-state index contributed by atoms with van der Waals surface area (Å²) in [6.45, 7) is 12.1. The zero-order valence-electron chi connectivity index (χ0n) is 11.5. The molecule has 0 spiro atoms. The topological polar surface area (TPSA) is 0 Å². The number of hydrogen-bond acceptors (Lipinski definition) is 0. The third kappa shape index (κ3) is 3.50. The maximum Gasteiger partial charge on any atom is -0.0323 e. The lowest BCUT2D eigenvalue weighted by atomic mass is 9.80. The summed E-state index contributed by atoms with van der Waals surface area (Å²) in [4.78, 5) is 0. The highest BCUT2D eigenvalue weighted by molar-refractivity contribution is 4.89.